The minimum absolute atomic E-state index is 0.0517. The van der Waals surface area contributed by atoms with Crippen molar-refractivity contribution in [3.05, 3.63) is 24.1 Å². The van der Waals surface area contributed by atoms with E-state index >= 15 is 0 Å². The fraction of sp³-hybridized carbons (Fsp3) is 0.500. The van der Waals surface area contributed by atoms with Gasteiger partial charge in [0.2, 0.25) is 0 Å². The first kappa shape index (κ1) is 9.40. The Morgan fingerprint density at radius 2 is 2.29 bits per heavy atom. The van der Waals surface area contributed by atoms with Gasteiger partial charge in [-0.2, -0.15) is 0 Å². The van der Waals surface area contributed by atoms with Crippen LogP contribution in [0.1, 0.15) is 12.8 Å². The van der Waals surface area contributed by atoms with Crippen molar-refractivity contribution in [3.8, 4) is 0 Å². The topological polar surface area (TPSA) is 45.1 Å². The zero-order valence-electron chi connectivity index (χ0n) is 7.83. The van der Waals surface area contributed by atoms with Crippen LogP contribution in [-0.4, -0.2) is 23.2 Å². The molecule has 0 aromatic carbocycles. The molecule has 1 aromatic heterocycles. The van der Waals surface area contributed by atoms with Gasteiger partial charge in [-0.1, -0.05) is 0 Å². The Bertz CT molecular complexity index is 308. The molecule has 0 radical (unpaired) electrons. The monoisotopic (exact) mass is 196 g/mol. The van der Waals surface area contributed by atoms with Crippen molar-refractivity contribution in [1.82, 2.24) is 4.98 Å². The highest BCUT2D eigenvalue weighted by Crippen LogP contribution is 2.44. The fourth-order valence-electron chi connectivity index (χ4n) is 1.33. The van der Waals surface area contributed by atoms with Crippen molar-refractivity contribution >= 4 is 5.82 Å². The Labute approximate surface area is 82.0 Å². The van der Waals surface area contributed by atoms with Crippen LogP contribution in [0.4, 0.5) is 10.2 Å². The van der Waals surface area contributed by atoms with Gasteiger partial charge in [-0.3, -0.25) is 0 Å². The summed E-state index contributed by atoms with van der Waals surface area (Å²) in [6, 6.07) is 2.97. The van der Waals surface area contributed by atoms with Gasteiger partial charge in [0.15, 0.2) is 0 Å². The highest BCUT2D eigenvalue weighted by Gasteiger charge is 2.41. The van der Waals surface area contributed by atoms with E-state index in [1.54, 1.807) is 6.07 Å². The lowest BCUT2D eigenvalue weighted by atomic mass is 10.1. The van der Waals surface area contributed by atoms with E-state index in [4.69, 9.17) is 5.11 Å². The largest absolute Gasteiger partial charge is 0.396 e. The molecule has 1 fully saturated rings. The molecule has 1 heterocycles. The van der Waals surface area contributed by atoms with Crippen molar-refractivity contribution < 1.29 is 9.50 Å². The second-order valence-corrected chi connectivity index (χ2v) is 3.87. The number of pyridine rings is 1. The van der Waals surface area contributed by atoms with Gasteiger partial charge in [-0.25, -0.2) is 9.37 Å². The van der Waals surface area contributed by atoms with Gasteiger partial charge < -0.3 is 10.4 Å². The molecule has 1 aromatic rings. The number of anilines is 1. The smallest absolute Gasteiger partial charge is 0.141 e. The summed E-state index contributed by atoms with van der Waals surface area (Å²) in [6.07, 6.45) is 3.29. The number of aliphatic hydroxyl groups is 1. The molecule has 0 spiro atoms. The Kier molecular flexibility index (Phi) is 2.37. The maximum absolute atomic E-state index is 12.5. The van der Waals surface area contributed by atoms with E-state index in [0.29, 0.717) is 12.4 Å². The second kappa shape index (κ2) is 3.53. The predicted octanol–water partition coefficient (Wildman–Crippen LogP) is 1.41. The van der Waals surface area contributed by atoms with Crippen molar-refractivity contribution in [2.45, 2.75) is 12.8 Å². The quantitative estimate of drug-likeness (QED) is 0.765. The van der Waals surface area contributed by atoms with Crippen molar-refractivity contribution in [2.75, 3.05) is 18.5 Å². The van der Waals surface area contributed by atoms with E-state index in [1.807, 2.05) is 0 Å². The number of rotatable bonds is 4. The van der Waals surface area contributed by atoms with Crippen LogP contribution in [0.15, 0.2) is 18.3 Å². The summed E-state index contributed by atoms with van der Waals surface area (Å²) < 4.78 is 12.5. The Morgan fingerprint density at radius 1 is 1.50 bits per heavy atom. The Morgan fingerprint density at radius 3 is 2.79 bits per heavy atom. The molecule has 0 saturated heterocycles. The van der Waals surface area contributed by atoms with Crippen LogP contribution in [0.5, 0.6) is 0 Å². The summed E-state index contributed by atoms with van der Waals surface area (Å²) in [5.74, 6) is 0.324. The Balaban J connectivity index is 1.89. The maximum atomic E-state index is 12.5. The third-order valence-corrected chi connectivity index (χ3v) is 2.66. The molecule has 0 unspecified atom stereocenters. The molecule has 1 aliphatic carbocycles. The van der Waals surface area contributed by atoms with E-state index in [-0.39, 0.29) is 17.8 Å². The van der Waals surface area contributed by atoms with Crippen LogP contribution in [0.25, 0.3) is 0 Å². The van der Waals surface area contributed by atoms with Gasteiger partial charge in [-0.15, -0.1) is 0 Å². The molecular formula is C10H13FN2O. The zero-order valence-corrected chi connectivity index (χ0v) is 7.83. The van der Waals surface area contributed by atoms with Crippen molar-refractivity contribution in [3.63, 3.8) is 0 Å². The van der Waals surface area contributed by atoms with Crippen LogP contribution in [-0.2, 0) is 0 Å². The average molecular weight is 196 g/mol. The molecule has 0 bridgehead atoms. The summed E-state index contributed by atoms with van der Waals surface area (Å²) >= 11 is 0. The Hall–Kier alpha value is -1.16. The van der Waals surface area contributed by atoms with E-state index in [2.05, 4.69) is 10.3 Å². The van der Waals surface area contributed by atoms with Crippen LogP contribution >= 0.6 is 0 Å². The van der Waals surface area contributed by atoms with Crippen LogP contribution in [0.2, 0.25) is 0 Å². The fourth-order valence-corrected chi connectivity index (χ4v) is 1.33. The minimum Gasteiger partial charge on any atom is -0.396 e. The van der Waals surface area contributed by atoms with Crippen LogP contribution in [0, 0.1) is 11.2 Å². The predicted molar refractivity (Wildman–Crippen MR) is 51.4 cm³/mol. The van der Waals surface area contributed by atoms with Gasteiger partial charge in [0.25, 0.3) is 0 Å². The highest BCUT2D eigenvalue weighted by molar-refractivity contribution is 5.34. The lowest BCUT2D eigenvalue weighted by Gasteiger charge is -2.12. The normalized spacial score (nSPS) is 17.9. The molecule has 0 atom stereocenters. The van der Waals surface area contributed by atoms with Crippen LogP contribution in [0.3, 0.4) is 0 Å². The molecule has 1 saturated carbocycles. The first-order valence-electron chi connectivity index (χ1n) is 4.70. The molecule has 0 aliphatic heterocycles. The van der Waals surface area contributed by atoms with Gasteiger partial charge in [0, 0.05) is 12.0 Å². The van der Waals surface area contributed by atoms with Gasteiger partial charge in [-0.05, 0) is 25.0 Å². The zero-order chi connectivity index (χ0) is 10.0. The number of hydrogen-bond donors (Lipinski definition) is 2. The van der Waals surface area contributed by atoms with Gasteiger partial charge in [0.05, 0.1) is 12.8 Å². The van der Waals surface area contributed by atoms with Crippen molar-refractivity contribution in [1.29, 1.82) is 0 Å². The van der Waals surface area contributed by atoms with Gasteiger partial charge >= 0.3 is 0 Å². The maximum Gasteiger partial charge on any atom is 0.141 e. The summed E-state index contributed by atoms with van der Waals surface area (Å²) in [5, 5.41) is 12.1. The molecule has 76 valence electrons. The number of nitrogens with one attached hydrogen (secondary N) is 1. The molecular weight excluding hydrogens is 183 g/mol. The number of halogens is 1. The molecule has 2 rings (SSSR count). The minimum atomic E-state index is -0.334. The van der Waals surface area contributed by atoms with E-state index in [9.17, 15) is 4.39 Å². The summed E-state index contributed by atoms with van der Waals surface area (Å²) in [5.41, 5.74) is 0.0517. The lowest BCUT2D eigenvalue weighted by molar-refractivity contribution is 0.219. The third kappa shape index (κ3) is 2.01. The molecule has 4 heteroatoms. The van der Waals surface area contributed by atoms with Gasteiger partial charge in [0.1, 0.15) is 11.6 Å². The average Bonchev–Trinajstić information content (AvgIpc) is 2.98. The summed E-state index contributed by atoms with van der Waals surface area (Å²) in [4.78, 5) is 3.88. The second-order valence-electron chi connectivity index (χ2n) is 3.87. The number of aliphatic hydroxyl groups excluding tert-OH is 1. The summed E-state index contributed by atoms with van der Waals surface area (Å²) in [6.45, 7) is 0.920. The molecule has 1 aliphatic rings. The molecule has 3 nitrogen and oxygen atoms in total. The van der Waals surface area contributed by atoms with Crippen LogP contribution < -0.4 is 5.32 Å². The molecule has 2 N–H and O–H groups in total. The lowest BCUT2D eigenvalue weighted by Crippen LogP contribution is -2.19. The number of nitrogens with zero attached hydrogens (tertiary/aromatic N) is 1. The summed E-state index contributed by atoms with van der Waals surface area (Å²) in [7, 11) is 0. The highest BCUT2D eigenvalue weighted by atomic mass is 19.1. The SMILES string of the molecule is OCC1(CNc2ccc(F)cn2)CC1. The van der Waals surface area contributed by atoms with E-state index in [0.717, 1.165) is 12.8 Å². The number of aromatic nitrogens is 1. The molecule has 0 amide bonds. The first-order valence-corrected chi connectivity index (χ1v) is 4.70. The van der Waals surface area contributed by atoms with Crippen molar-refractivity contribution in [2.24, 2.45) is 5.41 Å². The number of hydrogen-bond acceptors (Lipinski definition) is 3. The third-order valence-electron chi connectivity index (χ3n) is 2.66. The first-order chi connectivity index (χ1) is 6.74. The van der Waals surface area contributed by atoms with E-state index < -0.39 is 0 Å². The molecule has 14 heavy (non-hydrogen) atoms. The standard InChI is InChI=1S/C10H13FN2O/c11-8-1-2-9(12-5-8)13-6-10(7-14)3-4-10/h1-2,5,14H,3-4,6-7H2,(H,12,13). The van der Waals surface area contributed by atoms with E-state index in [1.165, 1.54) is 12.3 Å².